The molecule has 8 nitrogen and oxygen atoms in total. The molecule has 2 amide bonds. The van der Waals surface area contributed by atoms with Crippen LogP contribution in [-0.2, 0) is 11.3 Å². The fraction of sp³-hybridized carbons (Fsp3) is 0.357. The minimum Gasteiger partial charge on any atom is -0.496 e. The molecule has 2 aliphatic heterocycles. The first-order valence-corrected chi connectivity index (χ1v) is 13.6. The van der Waals surface area contributed by atoms with Gasteiger partial charge in [-0.1, -0.05) is 42.5 Å². The maximum Gasteiger partial charge on any atom is 0.290 e. The Balaban J connectivity index is 1.11. The summed E-state index contributed by atoms with van der Waals surface area (Å²) < 4.78 is 5.60. The quantitative estimate of drug-likeness (QED) is 0.337. The number of carbonyl (C=O) groups is 2. The van der Waals surface area contributed by atoms with Crippen LogP contribution < -0.4 is 31.3 Å². The van der Waals surface area contributed by atoms with Crippen LogP contribution >= 0.6 is 11.8 Å². The van der Waals surface area contributed by atoms with E-state index in [-0.39, 0.29) is 17.4 Å². The lowest BCUT2D eigenvalue weighted by Gasteiger charge is -2.35. The second-order valence-corrected chi connectivity index (χ2v) is 10.5. The van der Waals surface area contributed by atoms with Crippen molar-refractivity contribution in [2.45, 2.75) is 50.6 Å². The van der Waals surface area contributed by atoms with Gasteiger partial charge < -0.3 is 15.4 Å². The lowest BCUT2D eigenvalue weighted by Crippen LogP contribution is -2.58. The van der Waals surface area contributed by atoms with E-state index in [2.05, 4.69) is 56.9 Å². The smallest absolute Gasteiger partial charge is 0.290 e. The highest BCUT2D eigenvalue weighted by atomic mass is 32.2. The van der Waals surface area contributed by atoms with Crippen molar-refractivity contribution >= 4 is 22.9 Å². The molecule has 0 bridgehead atoms. The summed E-state index contributed by atoms with van der Waals surface area (Å²) in [6.45, 7) is 1.51. The van der Waals surface area contributed by atoms with E-state index in [1.807, 2.05) is 24.3 Å². The van der Waals surface area contributed by atoms with Gasteiger partial charge in [0.15, 0.2) is 0 Å². The van der Waals surface area contributed by atoms with Crippen molar-refractivity contribution in [2.75, 3.05) is 13.7 Å². The summed E-state index contributed by atoms with van der Waals surface area (Å²) >= 11 is 0.935. The zero-order chi connectivity index (χ0) is 25.6. The molecule has 0 aromatic heterocycles. The molecule has 3 aliphatic rings. The van der Waals surface area contributed by atoms with Crippen LogP contribution in [0, 0.1) is 0 Å². The summed E-state index contributed by atoms with van der Waals surface area (Å²) in [6.07, 6.45) is 8.01. The fourth-order valence-electron chi connectivity index (χ4n) is 5.09. The number of imide groups is 1. The van der Waals surface area contributed by atoms with E-state index in [0.717, 1.165) is 61.0 Å². The summed E-state index contributed by atoms with van der Waals surface area (Å²) in [7, 11) is 1.72. The molecule has 5 N–H and O–H groups in total. The van der Waals surface area contributed by atoms with Gasteiger partial charge in [-0.05, 0) is 66.8 Å². The van der Waals surface area contributed by atoms with Crippen molar-refractivity contribution in [3.05, 3.63) is 76.8 Å². The van der Waals surface area contributed by atoms with Crippen LogP contribution in [0.25, 0.3) is 11.1 Å². The molecule has 5 rings (SSSR count). The number of thioether (sulfide) groups is 1. The van der Waals surface area contributed by atoms with Crippen molar-refractivity contribution < 1.29 is 14.3 Å². The number of ether oxygens (including phenoxy) is 1. The number of para-hydroxylation sites is 1. The van der Waals surface area contributed by atoms with Crippen LogP contribution in [0.1, 0.15) is 31.2 Å². The standard InChI is InChI=1S/C28H33N5O3S/c1-36-24-9-5-4-8-23(24)22-7-3-2-6-18(22)17-30-19-10-12-20(13-11-19)31-27-29-15-14-21(32-27)16-25-26(34)33-28(35)37-25/h2-9,14,16,19-20,27,29-32H,10-13,15,17H2,1H3,(H,33,34,35)/b25-16-/t19-,20-,27?. The average molecular weight is 520 g/mol. The molecule has 1 atom stereocenters. The summed E-state index contributed by atoms with van der Waals surface area (Å²) in [6, 6.07) is 17.6. The van der Waals surface area contributed by atoms with Gasteiger partial charge in [-0.3, -0.25) is 25.5 Å². The van der Waals surface area contributed by atoms with Gasteiger partial charge >= 0.3 is 0 Å². The van der Waals surface area contributed by atoms with Gasteiger partial charge in [-0.2, -0.15) is 0 Å². The van der Waals surface area contributed by atoms with Gasteiger partial charge in [0.05, 0.1) is 12.0 Å². The normalized spacial score (nSPS) is 24.9. The van der Waals surface area contributed by atoms with Crippen molar-refractivity contribution in [3.63, 3.8) is 0 Å². The summed E-state index contributed by atoms with van der Waals surface area (Å²) in [5, 5.41) is 16.2. The van der Waals surface area contributed by atoms with Crippen molar-refractivity contribution in [1.82, 2.24) is 26.6 Å². The van der Waals surface area contributed by atoms with Crippen molar-refractivity contribution in [3.8, 4) is 16.9 Å². The molecule has 2 aromatic rings. The van der Waals surface area contributed by atoms with Gasteiger partial charge in [0.2, 0.25) is 0 Å². The van der Waals surface area contributed by atoms with Crippen LogP contribution in [0.4, 0.5) is 4.79 Å². The number of hydrogen-bond donors (Lipinski definition) is 5. The molecular formula is C28H33N5O3S. The lowest BCUT2D eigenvalue weighted by atomic mass is 9.90. The number of methoxy groups -OCH3 is 1. The van der Waals surface area contributed by atoms with Gasteiger partial charge in [-0.25, -0.2) is 0 Å². The Morgan fingerprint density at radius 2 is 1.73 bits per heavy atom. The number of rotatable bonds is 8. The zero-order valence-electron chi connectivity index (χ0n) is 20.9. The Hall–Kier alpha value is -3.11. The first-order valence-electron chi connectivity index (χ1n) is 12.7. The van der Waals surface area contributed by atoms with E-state index in [1.165, 1.54) is 11.1 Å². The van der Waals surface area contributed by atoms with Gasteiger partial charge in [-0.15, -0.1) is 0 Å². The molecule has 1 unspecified atom stereocenters. The first-order chi connectivity index (χ1) is 18.1. The monoisotopic (exact) mass is 519 g/mol. The molecule has 0 spiro atoms. The number of amides is 2. The van der Waals surface area contributed by atoms with Gasteiger partial charge in [0, 0.05) is 36.4 Å². The van der Waals surface area contributed by atoms with Gasteiger partial charge in [0.1, 0.15) is 12.0 Å². The number of benzene rings is 2. The highest BCUT2D eigenvalue weighted by Crippen LogP contribution is 2.32. The minimum atomic E-state index is -0.336. The number of carbonyl (C=O) groups excluding carboxylic acids is 2. The Morgan fingerprint density at radius 1 is 1.00 bits per heavy atom. The van der Waals surface area contributed by atoms with Crippen LogP contribution in [-0.4, -0.2) is 43.2 Å². The van der Waals surface area contributed by atoms with E-state index in [1.54, 1.807) is 13.2 Å². The number of hydrogen-bond acceptors (Lipinski definition) is 8. The predicted octanol–water partition coefficient (Wildman–Crippen LogP) is 3.58. The summed E-state index contributed by atoms with van der Waals surface area (Å²) in [4.78, 5) is 23.7. The maximum absolute atomic E-state index is 11.8. The third-order valence-electron chi connectivity index (χ3n) is 7.01. The van der Waals surface area contributed by atoms with E-state index in [4.69, 9.17) is 4.74 Å². The van der Waals surface area contributed by atoms with Crippen LogP contribution in [0.5, 0.6) is 5.75 Å². The third-order valence-corrected chi connectivity index (χ3v) is 7.82. The first kappa shape index (κ1) is 25.5. The van der Waals surface area contributed by atoms with Gasteiger partial charge in [0.25, 0.3) is 11.1 Å². The Bertz CT molecular complexity index is 1210. The highest BCUT2D eigenvalue weighted by molar-refractivity contribution is 8.18. The highest BCUT2D eigenvalue weighted by Gasteiger charge is 2.27. The molecule has 1 saturated heterocycles. The molecular weight excluding hydrogens is 486 g/mol. The van der Waals surface area contributed by atoms with Crippen molar-refractivity contribution in [1.29, 1.82) is 0 Å². The zero-order valence-corrected chi connectivity index (χ0v) is 21.7. The summed E-state index contributed by atoms with van der Waals surface area (Å²) in [5.41, 5.74) is 4.43. The Labute approximate surface area is 221 Å². The predicted molar refractivity (Wildman–Crippen MR) is 147 cm³/mol. The molecule has 2 fully saturated rings. The lowest BCUT2D eigenvalue weighted by molar-refractivity contribution is -0.115. The summed E-state index contributed by atoms with van der Waals surface area (Å²) in [5.74, 6) is 0.552. The molecule has 9 heteroatoms. The fourth-order valence-corrected chi connectivity index (χ4v) is 5.76. The molecule has 1 saturated carbocycles. The molecule has 2 heterocycles. The van der Waals surface area contributed by atoms with Crippen LogP contribution in [0.15, 0.2) is 71.3 Å². The molecule has 37 heavy (non-hydrogen) atoms. The molecule has 1 aliphatic carbocycles. The Morgan fingerprint density at radius 3 is 2.49 bits per heavy atom. The van der Waals surface area contributed by atoms with E-state index < -0.39 is 0 Å². The van der Waals surface area contributed by atoms with E-state index in [9.17, 15) is 9.59 Å². The largest absolute Gasteiger partial charge is 0.496 e. The topological polar surface area (TPSA) is 104 Å². The van der Waals surface area contributed by atoms with Crippen LogP contribution in [0.3, 0.4) is 0 Å². The second kappa shape index (κ2) is 12.0. The minimum absolute atomic E-state index is 0.0794. The molecule has 194 valence electrons. The number of allylic oxidation sites excluding steroid dienone is 1. The second-order valence-electron chi connectivity index (χ2n) is 9.45. The third kappa shape index (κ3) is 6.42. The van der Waals surface area contributed by atoms with Crippen molar-refractivity contribution in [2.24, 2.45) is 0 Å². The SMILES string of the molecule is COc1ccccc1-c1ccccc1CN[C@H]1CC[C@H](NC2NCC=C(/C=C3\SC(=O)NC3=O)N2)CC1. The molecule has 0 radical (unpaired) electrons. The average Bonchev–Trinajstić information content (AvgIpc) is 3.24. The number of nitrogens with one attached hydrogen (secondary N) is 5. The Kier molecular flexibility index (Phi) is 8.25. The van der Waals surface area contributed by atoms with E-state index >= 15 is 0 Å². The molecule has 2 aromatic carbocycles. The van der Waals surface area contributed by atoms with E-state index in [0.29, 0.717) is 23.5 Å². The van der Waals surface area contributed by atoms with Crippen LogP contribution in [0.2, 0.25) is 0 Å². The maximum atomic E-state index is 11.8.